The van der Waals surface area contributed by atoms with Crippen molar-refractivity contribution >= 4 is 0 Å². The van der Waals surface area contributed by atoms with Crippen molar-refractivity contribution in [3.63, 3.8) is 0 Å². The highest BCUT2D eigenvalue weighted by Crippen LogP contribution is 2.33. The maximum Gasteiger partial charge on any atom is 0.416 e. The number of halogens is 3. The molecule has 0 bridgehead atoms. The first-order valence-corrected chi connectivity index (χ1v) is 6.37. The SMILES string of the molecule is NCC1CCCC1COc1cc(C(F)(F)F)ccn1. The third-order valence-electron chi connectivity index (χ3n) is 3.63. The molecule has 1 aliphatic carbocycles. The van der Waals surface area contributed by atoms with Gasteiger partial charge in [0.2, 0.25) is 5.88 Å². The van der Waals surface area contributed by atoms with Gasteiger partial charge in [0.05, 0.1) is 12.2 Å². The number of rotatable bonds is 4. The molecule has 6 heteroatoms. The molecule has 1 heterocycles. The fraction of sp³-hybridized carbons (Fsp3) is 0.615. The van der Waals surface area contributed by atoms with Gasteiger partial charge in [-0.15, -0.1) is 0 Å². The van der Waals surface area contributed by atoms with Crippen LogP contribution >= 0.6 is 0 Å². The van der Waals surface area contributed by atoms with E-state index in [-0.39, 0.29) is 5.88 Å². The number of hydrogen-bond acceptors (Lipinski definition) is 3. The lowest BCUT2D eigenvalue weighted by atomic mass is 9.97. The smallest absolute Gasteiger partial charge is 0.416 e. The average molecular weight is 274 g/mol. The molecule has 2 rings (SSSR count). The minimum atomic E-state index is -4.37. The zero-order chi connectivity index (χ0) is 13.9. The van der Waals surface area contributed by atoms with Gasteiger partial charge in [-0.25, -0.2) is 4.98 Å². The summed E-state index contributed by atoms with van der Waals surface area (Å²) in [6.07, 6.45) is -0.0608. The van der Waals surface area contributed by atoms with Crippen LogP contribution in [0.2, 0.25) is 0 Å². The standard InChI is InChI=1S/C13H17F3N2O/c14-13(15,16)11-4-5-18-12(6-11)19-8-10-3-1-2-9(10)7-17/h4-6,9-10H,1-3,7-8,17H2. The van der Waals surface area contributed by atoms with Gasteiger partial charge in [0.25, 0.3) is 0 Å². The first kappa shape index (κ1) is 14.1. The summed E-state index contributed by atoms with van der Waals surface area (Å²) >= 11 is 0. The Bertz CT molecular complexity index is 423. The molecule has 2 N–H and O–H groups in total. The maximum absolute atomic E-state index is 12.5. The quantitative estimate of drug-likeness (QED) is 0.918. The van der Waals surface area contributed by atoms with Gasteiger partial charge < -0.3 is 10.5 Å². The summed E-state index contributed by atoms with van der Waals surface area (Å²) in [6.45, 7) is 0.986. The second kappa shape index (κ2) is 5.77. The first-order chi connectivity index (χ1) is 9.00. The average Bonchev–Trinajstić information content (AvgIpc) is 2.83. The van der Waals surface area contributed by atoms with Crippen molar-refractivity contribution in [2.75, 3.05) is 13.2 Å². The van der Waals surface area contributed by atoms with Crippen LogP contribution in [0.3, 0.4) is 0 Å². The molecule has 3 nitrogen and oxygen atoms in total. The molecule has 0 saturated heterocycles. The van der Waals surface area contributed by atoms with E-state index in [0.717, 1.165) is 37.6 Å². The molecule has 1 saturated carbocycles. The van der Waals surface area contributed by atoms with Gasteiger partial charge in [-0.3, -0.25) is 0 Å². The Morgan fingerprint density at radius 3 is 2.74 bits per heavy atom. The summed E-state index contributed by atoms with van der Waals surface area (Å²) in [6, 6.07) is 1.87. The molecular formula is C13H17F3N2O. The van der Waals surface area contributed by atoms with E-state index in [9.17, 15) is 13.2 Å². The molecular weight excluding hydrogens is 257 g/mol. The van der Waals surface area contributed by atoms with Crippen LogP contribution in [0.25, 0.3) is 0 Å². The summed E-state index contributed by atoms with van der Waals surface area (Å²) < 4.78 is 43.0. The van der Waals surface area contributed by atoms with Crippen LogP contribution in [0, 0.1) is 11.8 Å². The van der Waals surface area contributed by atoms with E-state index in [2.05, 4.69) is 4.98 Å². The van der Waals surface area contributed by atoms with Crippen LogP contribution in [-0.4, -0.2) is 18.1 Å². The molecule has 106 valence electrons. The minimum Gasteiger partial charge on any atom is -0.477 e. The van der Waals surface area contributed by atoms with Crippen LogP contribution in [0.4, 0.5) is 13.2 Å². The predicted molar refractivity (Wildman–Crippen MR) is 64.6 cm³/mol. The van der Waals surface area contributed by atoms with Crippen molar-refractivity contribution in [1.82, 2.24) is 4.98 Å². The molecule has 0 aliphatic heterocycles. The van der Waals surface area contributed by atoms with Crippen LogP contribution < -0.4 is 10.5 Å². The maximum atomic E-state index is 12.5. The van der Waals surface area contributed by atoms with E-state index in [1.165, 1.54) is 0 Å². The number of ether oxygens (including phenoxy) is 1. The summed E-state index contributed by atoms with van der Waals surface area (Å²) in [5.74, 6) is 0.754. The van der Waals surface area contributed by atoms with E-state index in [1.807, 2.05) is 0 Å². The van der Waals surface area contributed by atoms with Gasteiger partial charge >= 0.3 is 6.18 Å². The lowest BCUT2D eigenvalue weighted by molar-refractivity contribution is -0.137. The minimum absolute atomic E-state index is 0.0255. The number of hydrogen-bond donors (Lipinski definition) is 1. The first-order valence-electron chi connectivity index (χ1n) is 6.37. The van der Waals surface area contributed by atoms with Crippen molar-refractivity contribution < 1.29 is 17.9 Å². The van der Waals surface area contributed by atoms with Crippen LogP contribution in [0.15, 0.2) is 18.3 Å². The summed E-state index contributed by atoms with van der Waals surface area (Å²) in [5, 5.41) is 0. The lowest BCUT2D eigenvalue weighted by Crippen LogP contribution is -2.23. The molecule has 0 spiro atoms. The summed E-state index contributed by atoms with van der Waals surface area (Å²) in [5.41, 5.74) is 4.92. The number of aromatic nitrogens is 1. The molecule has 0 aromatic carbocycles. The van der Waals surface area contributed by atoms with Crippen LogP contribution in [-0.2, 0) is 6.18 Å². The van der Waals surface area contributed by atoms with Crippen LogP contribution in [0.1, 0.15) is 24.8 Å². The zero-order valence-electron chi connectivity index (χ0n) is 10.5. The Balaban J connectivity index is 1.96. The Morgan fingerprint density at radius 2 is 2.05 bits per heavy atom. The third kappa shape index (κ3) is 3.59. The van der Waals surface area contributed by atoms with Gasteiger partial charge in [-0.1, -0.05) is 6.42 Å². The summed E-state index contributed by atoms with van der Waals surface area (Å²) in [7, 11) is 0. The van der Waals surface area contributed by atoms with Gasteiger partial charge in [0, 0.05) is 12.3 Å². The molecule has 2 atom stereocenters. The second-order valence-electron chi connectivity index (χ2n) is 4.88. The van der Waals surface area contributed by atoms with E-state index >= 15 is 0 Å². The fourth-order valence-electron chi connectivity index (χ4n) is 2.50. The van der Waals surface area contributed by atoms with Gasteiger partial charge in [-0.05, 0) is 37.3 Å². The zero-order valence-corrected chi connectivity index (χ0v) is 10.5. The van der Waals surface area contributed by atoms with Gasteiger partial charge in [-0.2, -0.15) is 13.2 Å². The van der Waals surface area contributed by atoms with Crippen LogP contribution in [0.5, 0.6) is 5.88 Å². The van der Waals surface area contributed by atoms with Crippen molar-refractivity contribution in [2.24, 2.45) is 17.6 Å². The lowest BCUT2D eigenvalue weighted by Gasteiger charge is -2.18. The highest BCUT2D eigenvalue weighted by Gasteiger charge is 2.31. The summed E-state index contributed by atoms with van der Waals surface area (Å²) in [4.78, 5) is 3.81. The molecule has 0 amide bonds. The number of pyridine rings is 1. The Hall–Kier alpha value is -1.30. The number of nitrogens with two attached hydrogens (primary N) is 1. The van der Waals surface area contributed by atoms with Crippen molar-refractivity contribution in [3.05, 3.63) is 23.9 Å². The molecule has 1 fully saturated rings. The van der Waals surface area contributed by atoms with E-state index < -0.39 is 11.7 Å². The van der Waals surface area contributed by atoms with Crippen molar-refractivity contribution in [3.8, 4) is 5.88 Å². The fourth-order valence-corrected chi connectivity index (χ4v) is 2.50. The van der Waals surface area contributed by atoms with E-state index in [0.29, 0.717) is 25.0 Å². The Labute approximate surface area is 110 Å². The second-order valence-corrected chi connectivity index (χ2v) is 4.88. The number of alkyl halides is 3. The van der Waals surface area contributed by atoms with E-state index in [4.69, 9.17) is 10.5 Å². The van der Waals surface area contributed by atoms with Gasteiger partial charge in [0.15, 0.2) is 0 Å². The van der Waals surface area contributed by atoms with E-state index in [1.54, 1.807) is 0 Å². The molecule has 19 heavy (non-hydrogen) atoms. The van der Waals surface area contributed by atoms with Crippen molar-refractivity contribution in [1.29, 1.82) is 0 Å². The third-order valence-corrected chi connectivity index (χ3v) is 3.63. The largest absolute Gasteiger partial charge is 0.477 e. The molecule has 2 unspecified atom stereocenters. The van der Waals surface area contributed by atoms with Gasteiger partial charge in [0.1, 0.15) is 0 Å². The highest BCUT2D eigenvalue weighted by atomic mass is 19.4. The predicted octanol–water partition coefficient (Wildman–Crippen LogP) is 2.85. The Kier molecular flexibility index (Phi) is 4.29. The molecule has 1 aromatic heterocycles. The molecule has 1 aromatic rings. The Morgan fingerprint density at radius 1 is 1.32 bits per heavy atom. The molecule has 1 aliphatic rings. The number of nitrogens with zero attached hydrogens (tertiary/aromatic N) is 1. The molecule has 0 radical (unpaired) electrons. The monoisotopic (exact) mass is 274 g/mol. The topological polar surface area (TPSA) is 48.1 Å². The normalized spacial score (nSPS) is 23.6. The highest BCUT2D eigenvalue weighted by molar-refractivity contribution is 5.22. The van der Waals surface area contributed by atoms with Crippen molar-refractivity contribution in [2.45, 2.75) is 25.4 Å².